The Balaban J connectivity index is 1.88. The van der Waals surface area contributed by atoms with Gasteiger partial charge in [0, 0.05) is 12.8 Å². The molecule has 0 aliphatic carbocycles. The number of nitrogens with one attached hydrogen (secondary N) is 1. The van der Waals surface area contributed by atoms with Gasteiger partial charge in [-0.15, -0.1) is 0 Å². The quantitative estimate of drug-likeness (QED) is 0.0195. The van der Waals surface area contributed by atoms with Gasteiger partial charge in [-0.05, 0) is 77.0 Å². The highest BCUT2D eigenvalue weighted by molar-refractivity contribution is 5.76. The van der Waals surface area contributed by atoms with Gasteiger partial charge in [0.05, 0.1) is 32.0 Å². The van der Waals surface area contributed by atoms with Crippen molar-refractivity contribution in [2.45, 2.75) is 410 Å². The molecule has 1 heterocycles. The molecule has 88 heavy (non-hydrogen) atoms. The Morgan fingerprint density at radius 1 is 0.420 bits per heavy atom. The van der Waals surface area contributed by atoms with E-state index in [2.05, 4.69) is 55.6 Å². The molecule has 1 fully saturated rings. The minimum Gasteiger partial charge on any atom is -0.466 e. The van der Waals surface area contributed by atoms with E-state index in [1.807, 2.05) is 6.08 Å². The van der Waals surface area contributed by atoms with Crippen molar-refractivity contribution >= 4 is 11.9 Å². The second-order valence-corrected chi connectivity index (χ2v) is 26.3. The lowest BCUT2D eigenvalue weighted by molar-refractivity contribution is -0.302. The van der Waals surface area contributed by atoms with Gasteiger partial charge in [0.2, 0.25) is 5.91 Å². The van der Waals surface area contributed by atoms with Crippen molar-refractivity contribution in [2.24, 2.45) is 0 Å². The number of amides is 1. The van der Waals surface area contributed by atoms with Gasteiger partial charge in [-0.2, -0.15) is 0 Å². The zero-order valence-corrected chi connectivity index (χ0v) is 57.4. The van der Waals surface area contributed by atoms with Gasteiger partial charge in [0.25, 0.3) is 0 Å². The molecule has 0 bridgehead atoms. The van der Waals surface area contributed by atoms with E-state index in [1.165, 1.54) is 276 Å². The highest BCUT2D eigenvalue weighted by Gasteiger charge is 2.44. The zero-order valence-electron chi connectivity index (χ0n) is 57.4. The Morgan fingerprint density at radius 2 is 0.773 bits per heavy atom. The van der Waals surface area contributed by atoms with Gasteiger partial charge in [-0.3, -0.25) is 9.59 Å². The molecular weight excluding hydrogens is 1100 g/mol. The molecule has 0 aromatic rings. The van der Waals surface area contributed by atoms with E-state index in [1.54, 1.807) is 6.08 Å². The average Bonchev–Trinajstić information content (AvgIpc) is 3.12. The Kier molecular flexibility index (Phi) is 62.8. The van der Waals surface area contributed by atoms with Crippen LogP contribution in [0.15, 0.2) is 48.6 Å². The monoisotopic (exact) mass is 1240 g/mol. The number of carbonyl (C=O) groups is 2. The molecule has 1 amide bonds. The van der Waals surface area contributed by atoms with Crippen LogP contribution in [0.25, 0.3) is 0 Å². The number of ether oxygens (including phenoxy) is 3. The smallest absolute Gasteiger partial charge is 0.305 e. The summed E-state index contributed by atoms with van der Waals surface area (Å²) in [4.78, 5) is 25.1. The van der Waals surface area contributed by atoms with Crippen molar-refractivity contribution in [3.8, 4) is 0 Å². The first-order valence-electron chi connectivity index (χ1n) is 37.9. The minimum absolute atomic E-state index is 0.0164. The molecule has 0 spiro atoms. The second-order valence-electron chi connectivity index (χ2n) is 26.3. The number of aliphatic hydroxyl groups excluding tert-OH is 5. The molecule has 0 saturated carbocycles. The van der Waals surface area contributed by atoms with Crippen molar-refractivity contribution in [1.29, 1.82) is 0 Å². The first-order valence-corrected chi connectivity index (χ1v) is 37.9. The first kappa shape index (κ1) is 83.6. The fourth-order valence-corrected chi connectivity index (χ4v) is 12.0. The molecule has 1 aliphatic rings. The fourth-order valence-electron chi connectivity index (χ4n) is 12.0. The summed E-state index contributed by atoms with van der Waals surface area (Å²) in [5.41, 5.74) is 0. The number of esters is 1. The molecule has 1 saturated heterocycles. The van der Waals surface area contributed by atoms with E-state index in [4.69, 9.17) is 14.2 Å². The van der Waals surface area contributed by atoms with Crippen LogP contribution in [-0.2, 0) is 23.8 Å². The third-order valence-electron chi connectivity index (χ3n) is 17.9. The van der Waals surface area contributed by atoms with Crippen LogP contribution in [0.5, 0.6) is 0 Å². The van der Waals surface area contributed by atoms with Crippen LogP contribution in [-0.4, -0.2) is 100 Å². The van der Waals surface area contributed by atoms with Crippen molar-refractivity contribution < 1.29 is 49.3 Å². The summed E-state index contributed by atoms with van der Waals surface area (Å²) >= 11 is 0. The molecule has 11 nitrogen and oxygen atoms in total. The van der Waals surface area contributed by atoms with Crippen LogP contribution < -0.4 is 5.32 Å². The van der Waals surface area contributed by atoms with Gasteiger partial charge in [-0.1, -0.05) is 326 Å². The van der Waals surface area contributed by atoms with Crippen LogP contribution in [0.1, 0.15) is 367 Å². The molecule has 0 aromatic heterocycles. The second kappa shape index (κ2) is 66.1. The third kappa shape index (κ3) is 54.2. The minimum atomic E-state index is -1.58. The Bertz CT molecular complexity index is 1600. The third-order valence-corrected chi connectivity index (χ3v) is 17.9. The van der Waals surface area contributed by atoms with E-state index >= 15 is 0 Å². The molecule has 1 rings (SSSR count). The van der Waals surface area contributed by atoms with Gasteiger partial charge in [0.15, 0.2) is 6.29 Å². The van der Waals surface area contributed by atoms with Crippen molar-refractivity contribution in [3.05, 3.63) is 48.6 Å². The number of unbranched alkanes of at least 4 members (excludes halogenated alkanes) is 47. The Labute approximate surface area is 542 Å². The molecule has 1 aliphatic heterocycles. The normalized spacial score (nSPS) is 18.0. The number of hydrogen-bond acceptors (Lipinski definition) is 10. The van der Waals surface area contributed by atoms with Gasteiger partial charge < -0.3 is 45.1 Å². The van der Waals surface area contributed by atoms with E-state index < -0.39 is 49.5 Å². The largest absolute Gasteiger partial charge is 0.466 e. The number of rotatable bonds is 67. The molecular formula is C77H143NO10. The molecule has 6 N–H and O–H groups in total. The highest BCUT2D eigenvalue weighted by Crippen LogP contribution is 2.24. The molecule has 7 atom stereocenters. The van der Waals surface area contributed by atoms with Crippen molar-refractivity contribution in [2.75, 3.05) is 19.8 Å². The lowest BCUT2D eigenvalue weighted by Gasteiger charge is -2.40. The van der Waals surface area contributed by atoms with Crippen LogP contribution in [0.3, 0.4) is 0 Å². The SMILES string of the molecule is CC/C=C/CC/C=C/CC/C=C/C(O)C(COC1OC(CO)C(O)C(O)C1O)NC(=O)CCCCCCCCCCCCCCCCCCC/C=C\CCCCCCCCCCCCCCCCCCCCOC(=O)CCCCCCCCCCCCC. The molecule has 0 aromatic carbocycles. The summed E-state index contributed by atoms with van der Waals surface area (Å²) in [5.74, 6) is -0.177. The van der Waals surface area contributed by atoms with Gasteiger partial charge in [-0.25, -0.2) is 0 Å². The highest BCUT2D eigenvalue weighted by atomic mass is 16.7. The standard InChI is InChI=1S/C77H143NO10/c1-3-5-7-9-11-13-44-49-53-57-61-65-73(82)86-66-62-58-54-50-46-43-41-39-37-35-33-31-29-27-25-23-21-19-17-15-16-18-20-22-24-26-28-30-32-34-36-38-40-42-45-48-52-56-60-64-72(81)78-69(68-87-77-76(85)75(84)74(83)71(67-79)88-77)70(80)63-59-55-51-47-14-12-10-8-6-4-2/h6,8,14-16,47,59,63,69-71,74-77,79-80,83-85H,3-5,7,9-13,17-46,48-58,60-62,64-68H2,1-2H3,(H,78,81)/b8-6+,16-15-,47-14+,63-59+. The van der Waals surface area contributed by atoms with E-state index in [0.717, 1.165) is 64.2 Å². The summed E-state index contributed by atoms with van der Waals surface area (Å²) in [6, 6.07) is -0.831. The number of hydrogen-bond donors (Lipinski definition) is 6. The van der Waals surface area contributed by atoms with Crippen LogP contribution in [0.4, 0.5) is 0 Å². The number of aliphatic hydroxyl groups is 5. The predicted octanol–water partition coefficient (Wildman–Crippen LogP) is 19.9. The number of carbonyl (C=O) groups excluding carboxylic acids is 2. The average molecular weight is 1240 g/mol. The lowest BCUT2D eigenvalue weighted by Crippen LogP contribution is -2.60. The maximum absolute atomic E-state index is 13.0. The molecule has 0 radical (unpaired) electrons. The summed E-state index contributed by atoms with van der Waals surface area (Å²) < 4.78 is 16.7. The van der Waals surface area contributed by atoms with Gasteiger partial charge in [0.1, 0.15) is 24.4 Å². The summed E-state index contributed by atoms with van der Waals surface area (Å²) in [6.07, 6.45) is 77.4. The maximum Gasteiger partial charge on any atom is 0.305 e. The van der Waals surface area contributed by atoms with Gasteiger partial charge >= 0.3 is 5.97 Å². The van der Waals surface area contributed by atoms with Crippen LogP contribution in [0, 0.1) is 0 Å². The molecule has 516 valence electrons. The molecule has 7 unspecified atom stereocenters. The number of allylic oxidation sites excluding steroid dienone is 7. The maximum atomic E-state index is 13.0. The Hall–Kier alpha value is -2.38. The van der Waals surface area contributed by atoms with E-state index in [-0.39, 0.29) is 18.5 Å². The zero-order chi connectivity index (χ0) is 63.7. The van der Waals surface area contributed by atoms with Crippen molar-refractivity contribution in [1.82, 2.24) is 5.32 Å². The Morgan fingerprint density at radius 3 is 1.18 bits per heavy atom. The predicted molar refractivity (Wildman–Crippen MR) is 370 cm³/mol. The fraction of sp³-hybridized carbons (Fsp3) is 0.870. The summed E-state index contributed by atoms with van der Waals surface area (Å²) in [6.45, 7) is 4.23. The van der Waals surface area contributed by atoms with E-state index in [9.17, 15) is 35.1 Å². The van der Waals surface area contributed by atoms with Crippen molar-refractivity contribution in [3.63, 3.8) is 0 Å². The van der Waals surface area contributed by atoms with E-state index in [0.29, 0.717) is 19.4 Å². The first-order chi connectivity index (χ1) is 43.2. The molecule has 11 heteroatoms. The lowest BCUT2D eigenvalue weighted by atomic mass is 9.99. The van der Waals surface area contributed by atoms with Crippen LogP contribution in [0.2, 0.25) is 0 Å². The summed E-state index contributed by atoms with van der Waals surface area (Å²) in [7, 11) is 0. The van der Waals surface area contributed by atoms with Crippen LogP contribution >= 0.6 is 0 Å². The topological polar surface area (TPSA) is 175 Å². The summed E-state index contributed by atoms with van der Waals surface area (Å²) in [5, 5.41) is 54.3.